The summed E-state index contributed by atoms with van der Waals surface area (Å²) in [5.41, 5.74) is 0.696. The largest absolute Gasteiger partial charge is 0.302 e. The number of hydrogen-bond donors (Lipinski definition) is 1. The zero-order valence-corrected chi connectivity index (χ0v) is 9.90. The van der Waals surface area contributed by atoms with Crippen molar-refractivity contribution < 1.29 is 9.59 Å². The normalized spacial score (nSPS) is 9.80. The van der Waals surface area contributed by atoms with Gasteiger partial charge in [-0.05, 0) is 13.2 Å². The van der Waals surface area contributed by atoms with Crippen LogP contribution >= 0.6 is 11.3 Å². The first-order valence-electron chi connectivity index (χ1n) is 4.82. The van der Waals surface area contributed by atoms with Crippen LogP contribution in [0.25, 0.3) is 0 Å². The van der Waals surface area contributed by atoms with Gasteiger partial charge < -0.3 is 5.32 Å². The summed E-state index contributed by atoms with van der Waals surface area (Å²) in [6.45, 7) is 5.16. The van der Waals surface area contributed by atoms with E-state index in [2.05, 4.69) is 10.3 Å². The SMILES string of the molecule is CBCC(=O)c1sc(NC(C)=O)nc1C. The highest BCUT2D eigenvalue weighted by Crippen LogP contribution is 2.23. The lowest BCUT2D eigenvalue weighted by Gasteiger charge is -1.93. The Labute approximate surface area is 93.3 Å². The second kappa shape index (κ2) is 5.07. The topological polar surface area (TPSA) is 59.1 Å². The van der Waals surface area contributed by atoms with E-state index in [1.807, 2.05) is 6.82 Å². The number of amides is 1. The van der Waals surface area contributed by atoms with Gasteiger partial charge in [-0.25, -0.2) is 4.98 Å². The molecule has 1 heterocycles. The molecule has 6 heteroatoms. The van der Waals surface area contributed by atoms with Crippen molar-refractivity contribution in [2.45, 2.75) is 27.0 Å². The summed E-state index contributed by atoms with van der Waals surface area (Å²) < 4.78 is 0. The molecule has 1 rings (SSSR count). The van der Waals surface area contributed by atoms with Crippen molar-refractivity contribution in [2.75, 3.05) is 5.32 Å². The molecule has 1 amide bonds. The van der Waals surface area contributed by atoms with Crippen molar-refractivity contribution in [3.8, 4) is 0 Å². The zero-order chi connectivity index (χ0) is 11.4. The van der Waals surface area contributed by atoms with Gasteiger partial charge in [0.1, 0.15) is 7.28 Å². The number of nitrogens with zero attached hydrogens (tertiary/aromatic N) is 1. The minimum absolute atomic E-state index is 0.101. The van der Waals surface area contributed by atoms with Crippen LogP contribution in [0.3, 0.4) is 0 Å². The Morgan fingerprint density at radius 2 is 2.20 bits per heavy atom. The maximum absolute atomic E-state index is 11.6. The molecule has 0 bridgehead atoms. The minimum Gasteiger partial charge on any atom is -0.302 e. The molecule has 0 spiro atoms. The molecule has 0 fully saturated rings. The first kappa shape index (κ1) is 11.9. The molecule has 0 radical (unpaired) electrons. The summed E-state index contributed by atoms with van der Waals surface area (Å²) >= 11 is 1.24. The fourth-order valence-corrected chi connectivity index (χ4v) is 2.18. The van der Waals surface area contributed by atoms with Gasteiger partial charge in [0, 0.05) is 6.92 Å². The van der Waals surface area contributed by atoms with Gasteiger partial charge in [0.25, 0.3) is 0 Å². The fraction of sp³-hybridized carbons (Fsp3) is 0.444. The Hall–Kier alpha value is -1.17. The maximum atomic E-state index is 11.6. The van der Waals surface area contributed by atoms with Crippen LogP contribution < -0.4 is 5.32 Å². The van der Waals surface area contributed by atoms with E-state index in [9.17, 15) is 9.59 Å². The van der Waals surface area contributed by atoms with E-state index in [1.54, 1.807) is 6.92 Å². The molecule has 0 aromatic carbocycles. The minimum atomic E-state index is -0.168. The third-order valence-electron chi connectivity index (χ3n) is 1.81. The molecule has 1 aromatic rings. The lowest BCUT2D eigenvalue weighted by molar-refractivity contribution is -0.114. The molecular formula is C9H13BN2O2S. The number of thiazole rings is 1. The number of aryl methyl sites for hydroxylation is 1. The number of carbonyl (C=O) groups excluding carboxylic acids is 2. The fourth-order valence-electron chi connectivity index (χ4n) is 1.20. The molecule has 0 aliphatic heterocycles. The highest BCUT2D eigenvalue weighted by Gasteiger charge is 2.14. The first-order valence-corrected chi connectivity index (χ1v) is 5.64. The van der Waals surface area contributed by atoms with Gasteiger partial charge >= 0.3 is 0 Å². The Morgan fingerprint density at radius 1 is 1.53 bits per heavy atom. The zero-order valence-electron chi connectivity index (χ0n) is 9.09. The van der Waals surface area contributed by atoms with Crippen LogP contribution in [-0.2, 0) is 4.79 Å². The van der Waals surface area contributed by atoms with Crippen LogP contribution in [0.5, 0.6) is 0 Å². The molecule has 1 aromatic heterocycles. The molecule has 4 nitrogen and oxygen atoms in total. The van der Waals surface area contributed by atoms with Crippen LogP contribution in [0.2, 0.25) is 13.1 Å². The first-order chi connectivity index (χ1) is 7.04. The number of anilines is 1. The third-order valence-corrected chi connectivity index (χ3v) is 2.92. The van der Waals surface area contributed by atoms with Crippen molar-refractivity contribution in [1.29, 1.82) is 0 Å². The lowest BCUT2D eigenvalue weighted by Crippen LogP contribution is -2.04. The second-order valence-electron chi connectivity index (χ2n) is 3.29. The van der Waals surface area contributed by atoms with Crippen LogP contribution in [0.4, 0.5) is 5.13 Å². The standard InChI is InChI=1S/C9H13BN2O2S/c1-5-8(7(14)4-10-3)15-9(11-5)12-6(2)13/h10H,4H2,1-3H3,(H,11,12,13). The lowest BCUT2D eigenvalue weighted by atomic mass is 9.76. The molecule has 0 unspecified atom stereocenters. The molecule has 0 saturated heterocycles. The number of nitrogens with one attached hydrogen (secondary N) is 1. The Morgan fingerprint density at radius 3 is 2.73 bits per heavy atom. The predicted octanol–water partition coefficient (Wildman–Crippen LogP) is 1.50. The number of aromatic nitrogens is 1. The number of rotatable bonds is 4. The molecule has 0 aliphatic rings. The summed E-state index contributed by atoms with van der Waals surface area (Å²) in [6, 6.07) is 0. The Bertz CT molecular complexity index is 389. The quantitative estimate of drug-likeness (QED) is 0.622. The van der Waals surface area contributed by atoms with Gasteiger partial charge in [-0.3, -0.25) is 9.59 Å². The van der Waals surface area contributed by atoms with Gasteiger partial charge in [0.2, 0.25) is 5.91 Å². The third kappa shape index (κ3) is 3.16. The molecule has 0 atom stereocenters. The average Bonchev–Trinajstić information content (AvgIpc) is 2.46. The van der Waals surface area contributed by atoms with E-state index in [-0.39, 0.29) is 11.7 Å². The second-order valence-corrected chi connectivity index (χ2v) is 4.29. The van der Waals surface area contributed by atoms with Crippen LogP contribution in [-0.4, -0.2) is 24.0 Å². The van der Waals surface area contributed by atoms with Crippen molar-refractivity contribution in [1.82, 2.24) is 4.98 Å². The van der Waals surface area contributed by atoms with Gasteiger partial charge in [-0.1, -0.05) is 18.2 Å². The van der Waals surface area contributed by atoms with Crippen molar-refractivity contribution in [3.63, 3.8) is 0 Å². The molecule has 15 heavy (non-hydrogen) atoms. The monoisotopic (exact) mass is 224 g/mol. The highest BCUT2D eigenvalue weighted by atomic mass is 32.1. The summed E-state index contributed by atoms with van der Waals surface area (Å²) in [4.78, 5) is 27.2. The number of Topliss-reactive ketones (excluding diaryl/α,β-unsaturated/α-hetero) is 1. The Kier molecular flexibility index (Phi) is 4.02. The van der Waals surface area contributed by atoms with Gasteiger partial charge in [-0.2, -0.15) is 0 Å². The van der Waals surface area contributed by atoms with Crippen LogP contribution in [0.15, 0.2) is 0 Å². The number of carbonyl (C=O) groups is 2. The van der Waals surface area contributed by atoms with E-state index in [4.69, 9.17) is 0 Å². The predicted molar refractivity (Wildman–Crippen MR) is 63.3 cm³/mol. The van der Waals surface area contributed by atoms with E-state index in [0.29, 0.717) is 22.0 Å². The molecular weight excluding hydrogens is 211 g/mol. The smallest absolute Gasteiger partial charge is 0.223 e. The van der Waals surface area contributed by atoms with E-state index < -0.39 is 0 Å². The van der Waals surface area contributed by atoms with Gasteiger partial charge in [0.15, 0.2) is 10.9 Å². The number of hydrogen-bond acceptors (Lipinski definition) is 4. The molecule has 80 valence electrons. The van der Waals surface area contributed by atoms with Crippen LogP contribution in [0, 0.1) is 6.92 Å². The van der Waals surface area contributed by atoms with Gasteiger partial charge in [0.05, 0.1) is 10.6 Å². The summed E-state index contributed by atoms with van der Waals surface area (Å²) in [6.07, 6.45) is 0.530. The van der Waals surface area contributed by atoms with Crippen molar-refractivity contribution in [2.24, 2.45) is 0 Å². The van der Waals surface area contributed by atoms with Crippen LogP contribution in [0.1, 0.15) is 22.3 Å². The summed E-state index contributed by atoms with van der Waals surface area (Å²) in [7, 11) is 0.825. The average molecular weight is 224 g/mol. The molecule has 0 aliphatic carbocycles. The van der Waals surface area contributed by atoms with E-state index in [0.717, 1.165) is 7.28 Å². The van der Waals surface area contributed by atoms with E-state index in [1.165, 1.54) is 18.3 Å². The highest BCUT2D eigenvalue weighted by molar-refractivity contribution is 7.17. The molecule has 0 saturated carbocycles. The maximum Gasteiger partial charge on any atom is 0.223 e. The Balaban J connectivity index is 2.86. The molecule has 1 N–H and O–H groups in total. The summed E-state index contributed by atoms with van der Waals surface area (Å²) in [5, 5.41) is 3.08. The van der Waals surface area contributed by atoms with E-state index >= 15 is 0 Å². The summed E-state index contributed by atoms with van der Waals surface area (Å²) in [5.74, 6) is -0.0673. The van der Waals surface area contributed by atoms with Gasteiger partial charge in [-0.15, -0.1) is 0 Å². The van der Waals surface area contributed by atoms with Crippen molar-refractivity contribution >= 4 is 35.4 Å². The van der Waals surface area contributed by atoms with Crippen molar-refractivity contribution in [3.05, 3.63) is 10.6 Å². The number of ketones is 1.